The SMILES string of the molecule is COc1ccc(C(=O)CN2C(=O)/C(=C\c3ccccc3Cl)SC2=S)cc1. The van der Waals surface area contributed by atoms with Gasteiger partial charge >= 0.3 is 0 Å². The second-order valence-corrected chi connectivity index (χ2v) is 7.52. The second kappa shape index (κ2) is 8.03. The van der Waals surface area contributed by atoms with Crippen LogP contribution in [0.15, 0.2) is 53.4 Å². The van der Waals surface area contributed by atoms with Crippen LogP contribution < -0.4 is 4.74 Å². The van der Waals surface area contributed by atoms with E-state index in [1.165, 1.54) is 16.7 Å². The fourth-order valence-corrected chi connectivity index (χ4v) is 3.82. The molecule has 7 heteroatoms. The highest BCUT2D eigenvalue weighted by Gasteiger charge is 2.33. The number of thioether (sulfide) groups is 1. The summed E-state index contributed by atoms with van der Waals surface area (Å²) in [6, 6.07) is 14.0. The summed E-state index contributed by atoms with van der Waals surface area (Å²) in [6.07, 6.45) is 1.69. The maximum absolute atomic E-state index is 12.6. The molecule has 1 heterocycles. The van der Waals surface area contributed by atoms with Gasteiger partial charge in [0.15, 0.2) is 5.78 Å². The Hall–Kier alpha value is -2.15. The van der Waals surface area contributed by atoms with Crippen molar-refractivity contribution in [2.24, 2.45) is 0 Å². The molecule has 3 rings (SSSR count). The first-order valence-electron chi connectivity index (χ1n) is 7.67. The van der Waals surface area contributed by atoms with Crippen molar-refractivity contribution in [3.05, 3.63) is 69.6 Å². The van der Waals surface area contributed by atoms with Crippen molar-refractivity contribution in [1.29, 1.82) is 0 Å². The lowest BCUT2D eigenvalue weighted by Gasteiger charge is -2.13. The molecule has 0 bridgehead atoms. The van der Waals surface area contributed by atoms with Crippen LogP contribution in [0.2, 0.25) is 5.02 Å². The molecule has 0 spiro atoms. The molecule has 0 N–H and O–H groups in total. The standard InChI is InChI=1S/C19H14ClNO3S2/c1-24-14-8-6-12(7-9-14)16(22)11-21-18(23)17(26-19(21)25)10-13-4-2-3-5-15(13)20/h2-10H,11H2,1H3/b17-10+. The third-order valence-corrected chi connectivity index (χ3v) is 5.50. The van der Waals surface area contributed by atoms with Crippen LogP contribution in [0.1, 0.15) is 15.9 Å². The van der Waals surface area contributed by atoms with Crippen LogP contribution in [0, 0.1) is 0 Å². The molecule has 0 unspecified atom stereocenters. The Balaban J connectivity index is 1.76. The molecule has 2 aromatic carbocycles. The van der Waals surface area contributed by atoms with Crippen LogP contribution in [-0.4, -0.2) is 34.6 Å². The molecule has 1 saturated heterocycles. The first kappa shape index (κ1) is 18.6. The van der Waals surface area contributed by atoms with E-state index in [4.69, 9.17) is 28.6 Å². The Morgan fingerprint density at radius 1 is 1.23 bits per heavy atom. The monoisotopic (exact) mass is 403 g/mol. The molecule has 4 nitrogen and oxygen atoms in total. The van der Waals surface area contributed by atoms with Gasteiger partial charge in [-0.3, -0.25) is 14.5 Å². The van der Waals surface area contributed by atoms with Crippen LogP contribution in [0.25, 0.3) is 6.08 Å². The topological polar surface area (TPSA) is 46.6 Å². The van der Waals surface area contributed by atoms with E-state index >= 15 is 0 Å². The predicted octanol–water partition coefficient (Wildman–Crippen LogP) is 4.43. The largest absolute Gasteiger partial charge is 0.497 e. The number of nitrogens with zero attached hydrogens (tertiary/aromatic N) is 1. The van der Waals surface area contributed by atoms with Crippen LogP contribution in [-0.2, 0) is 4.79 Å². The molecule has 0 aromatic heterocycles. The third-order valence-electron chi connectivity index (χ3n) is 3.78. The highest BCUT2D eigenvalue weighted by atomic mass is 35.5. The van der Waals surface area contributed by atoms with E-state index in [0.29, 0.717) is 25.6 Å². The van der Waals surface area contributed by atoms with Gasteiger partial charge in [0.05, 0.1) is 18.6 Å². The number of ketones is 1. The van der Waals surface area contributed by atoms with Crippen LogP contribution in [0.5, 0.6) is 5.75 Å². The van der Waals surface area contributed by atoms with E-state index < -0.39 is 0 Å². The van der Waals surface area contributed by atoms with Gasteiger partial charge in [-0.25, -0.2) is 0 Å². The molecule has 26 heavy (non-hydrogen) atoms. The molecule has 0 aliphatic carbocycles. The number of rotatable bonds is 5. The summed E-state index contributed by atoms with van der Waals surface area (Å²) in [7, 11) is 1.56. The number of amides is 1. The van der Waals surface area contributed by atoms with Crippen LogP contribution in [0.4, 0.5) is 0 Å². The zero-order valence-corrected chi connectivity index (χ0v) is 16.2. The number of hydrogen-bond donors (Lipinski definition) is 0. The first-order chi connectivity index (χ1) is 12.5. The number of halogens is 1. The highest BCUT2D eigenvalue weighted by molar-refractivity contribution is 8.26. The summed E-state index contributed by atoms with van der Waals surface area (Å²) in [5, 5.41) is 0.548. The lowest BCUT2D eigenvalue weighted by Crippen LogP contribution is -2.33. The first-order valence-corrected chi connectivity index (χ1v) is 9.27. The zero-order valence-electron chi connectivity index (χ0n) is 13.8. The molecule has 2 aromatic rings. The van der Waals surface area contributed by atoms with Crippen molar-refractivity contribution in [3.63, 3.8) is 0 Å². The van der Waals surface area contributed by atoms with Gasteiger partial charge in [-0.05, 0) is 42.0 Å². The molecule has 1 aliphatic heterocycles. The van der Waals surface area contributed by atoms with E-state index in [2.05, 4.69) is 0 Å². The van der Waals surface area contributed by atoms with Crippen molar-refractivity contribution in [1.82, 2.24) is 4.90 Å². The smallest absolute Gasteiger partial charge is 0.266 e. The van der Waals surface area contributed by atoms with Gasteiger partial charge in [-0.15, -0.1) is 0 Å². The average molecular weight is 404 g/mol. The van der Waals surface area contributed by atoms with Crippen molar-refractivity contribution in [3.8, 4) is 5.75 Å². The molecule has 0 atom stereocenters. The van der Waals surface area contributed by atoms with Crippen molar-refractivity contribution in [2.75, 3.05) is 13.7 Å². The predicted molar refractivity (Wildman–Crippen MR) is 109 cm³/mol. The Morgan fingerprint density at radius 3 is 2.58 bits per heavy atom. The van der Waals surface area contributed by atoms with Crippen LogP contribution >= 0.6 is 35.6 Å². The maximum atomic E-state index is 12.6. The number of benzene rings is 2. The number of Topliss-reactive ketones (excluding diaryl/α,β-unsaturated/α-hetero) is 1. The minimum absolute atomic E-state index is 0.100. The summed E-state index contributed by atoms with van der Waals surface area (Å²) < 4.78 is 5.44. The highest BCUT2D eigenvalue weighted by Crippen LogP contribution is 2.33. The molecule has 0 radical (unpaired) electrons. The lowest BCUT2D eigenvalue weighted by atomic mass is 10.1. The summed E-state index contributed by atoms with van der Waals surface area (Å²) in [5.41, 5.74) is 1.23. The second-order valence-electron chi connectivity index (χ2n) is 5.44. The van der Waals surface area contributed by atoms with Gasteiger partial charge < -0.3 is 4.74 Å². The number of carbonyl (C=O) groups is 2. The number of methoxy groups -OCH3 is 1. The number of ether oxygens (including phenoxy) is 1. The van der Waals surface area contributed by atoms with Crippen molar-refractivity contribution in [2.45, 2.75) is 0 Å². The van der Waals surface area contributed by atoms with E-state index in [-0.39, 0.29) is 18.2 Å². The van der Waals surface area contributed by atoms with Gasteiger partial charge in [0.1, 0.15) is 10.1 Å². The normalized spacial score (nSPS) is 15.6. The molecule has 1 fully saturated rings. The van der Waals surface area contributed by atoms with Gasteiger partial charge in [-0.1, -0.05) is 53.8 Å². The number of hydrogen-bond acceptors (Lipinski definition) is 5. The molecule has 0 saturated carbocycles. The van der Waals surface area contributed by atoms with Crippen molar-refractivity contribution < 1.29 is 14.3 Å². The molecular formula is C19H14ClNO3S2. The summed E-state index contributed by atoms with van der Waals surface area (Å²) >= 11 is 12.6. The average Bonchev–Trinajstić information content (AvgIpc) is 2.91. The fraction of sp³-hybridized carbons (Fsp3) is 0.105. The van der Waals surface area contributed by atoms with Crippen molar-refractivity contribution >= 4 is 57.7 Å². The quantitative estimate of drug-likeness (QED) is 0.420. The summed E-state index contributed by atoms with van der Waals surface area (Å²) in [6.45, 7) is -0.100. The fourth-order valence-electron chi connectivity index (χ4n) is 2.38. The van der Waals surface area contributed by atoms with Gasteiger partial charge in [0, 0.05) is 10.6 Å². The van der Waals surface area contributed by atoms with Crippen LogP contribution in [0.3, 0.4) is 0 Å². The van der Waals surface area contributed by atoms with E-state index in [1.807, 2.05) is 18.2 Å². The molecular weight excluding hydrogens is 390 g/mol. The van der Waals surface area contributed by atoms with Gasteiger partial charge in [-0.2, -0.15) is 0 Å². The Kier molecular flexibility index (Phi) is 5.76. The molecule has 1 amide bonds. The third kappa shape index (κ3) is 3.98. The lowest BCUT2D eigenvalue weighted by molar-refractivity contribution is -0.121. The maximum Gasteiger partial charge on any atom is 0.266 e. The minimum atomic E-state index is -0.290. The Labute approximate surface area is 165 Å². The number of thiocarbonyl (C=S) groups is 1. The van der Waals surface area contributed by atoms with E-state index in [9.17, 15) is 9.59 Å². The summed E-state index contributed by atoms with van der Waals surface area (Å²) in [4.78, 5) is 26.9. The molecule has 1 aliphatic rings. The van der Waals surface area contributed by atoms with E-state index in [1.54, 1.807) is 43.5 Å². The van der Waals surface area contributed by atoms with E-state index in [0.717, 1.165) is 5.56 Å². The summed E-state index contributed by atoms with van der Waals surface area (Å²) in [5.74, 6) is 0.180. The Morgan fingerprint density at radius 2 is 1.92 bits per heavy atom. The number of carbonyl (C=O) groups excluding carboxylic acids is 2. The van der Waals surface area contributed by atoms with Gasteiger partial charge in [0.2, 0.25) is 0 Å². The molecule has 132 valence electrons. The Bertz CT molecular complexity index is 909. The zero-order chi connectivity index (χ0) is 18.7. The van der Waals surface area contributed by atoms with Gasteiger partial charge in [0.25, 0.3) is 5.91 Å². The minimum Gasteiger partial charge on any atom is -0.497 e.